The Morgan fingerprint density at radius 3 is 2.67 bits per heavy atom. The zero-order valence-electron chi connectivity index (χ0n) is 15.1. The standard InChI is InChI=1S/C20H17ClN2O4/c1-11-14-10-13(24-2)5-7-16(14)26-19(11)20-22-18(27-23-20)9-12-4-6-17(25-3)15(21)8-12/h4-8,10H,9H2,1-3H3. The van der Waals surface area contributed by atoms with E-state index in [4.69, 9.17) is 30.0 Å². The molecule has 0 fully saturated rings. The molecule has 4 rings (SSSR count). The normalized spacial score (nSPS) is 11.1. The van der Waals surface area contributed by atoms with Crippen molar-refractivity contribution in [3.8, 4) is 23.1 Å². The highest BCUT2D eigenvalue weighted by Gasteiger charge is 2.19. The van der Waals surface area contributed by atoms with Crippen molar-refractivity contribution in [3.05, 3.63) is 58.4 Å². The lowest BCUT2D eigenvalue weighted by Crippen LogP contribution is -1.91. The van der Waals surface area contributed by atoms with E-state index in [0.717, 1.165) is 27.8 Å². The molecule has 7 heteroatoms. The van der Waals surface area contributed by atoms with Crippen LogP contribution in [0, 0.1) is 6.92 Å². The lowest BCUT2D eigenvalue weighted by Gasteiger charge is -2.04. The van der Waals surface area contributed by atoms with Gasteiger partial charge in [-0.2, -0.15) is 4.98 Å². The Kier molecular flexibility index (Phi) is 4.49. The number of aryl methyl sites for hydroxylation is 1. The van der Waals surface area contributed by atoms with E-state index in [1.165, 1.54) is 0 Å². The average Bonchev–Trinajstić information content (AvgIpc) is 3.26. The second kappa shape index (κ2) is 6.96. The fraction of sp³-hybridized carbons (Fsp3) is 0.200. The maximum absolute atomic E-state index is 6.17. The molecule has 0 aliphatic rings. The number of hydrogen-bond acceptors (Lipinski definition) is 6. The van der Waals surface area contributed by atoms with E-state index in [1.54, 1.807) is 14.2 Å². The van der Waals surface area contributed by atoms with Crippen LogP contribution in [-0.4, -0.2) is 24.4 Å². The van der Waals surface area contributed by atoms with Crippen molar-refractivity contribution in [2.75, 3.05) is 14.2 Å². The van der Waals surface area contributed by atoms with Crippen molar-refractivity contribution >= 4 is 22.6 Å². The molecule has 0 spiro atoms. The summed E-state index contributed by atoms with van der Waals surface area (Å²) in [5.74, 6) is 2.87. The zero-order valence-corrected chi connectivity index (χ0v) is 15.8. The third-order valence-corrected chi connectivity index (χ3v) is 4.68. The smallest absolute Gasteiger partial charge is 0.238 e. The van der Waals surface area contributed by atoms with Gasteiger partial charge in [-0.05, 0) is 42.8 Å². The van der Waals surface area contributed by atoms with Crippen LogP contribution >= 0.6 is 11.6 Å². The van der Waals surface area contributed by atoms with Gasteiger partial charge < -0.3 is 18.4 Å². The Hall–Kier alpha value is -2.99. The van der Waals surface area contributed by atoms with Crippen LogP contribution in [0.3, 0.4) is 0 Å². The van der Waals surface area contributed by atoms with E-state index in [-0.39, 0.29) is 0 Å². The van der Waals surface area contributed by atoms with Crippen molar-refractivity contribution in [3.63, 3.8) is 0 Å². The summed E-state index contributed by atoms with van der Waals surface area (Å²) in [7, 11) is 3.21. The molecule has 6 nitrogen and oxygen atoms in total. The molecular weight excluding hydrogens is 368 g/mol. The second-order valence-electron chi connectivity index (χ2n) is 6.08. The largest absolute Gasteiger partial charge is 0.497 e. The highest BCUT2D eigenvalue weighted by atomic mass is 35.5. The van der Waals surface area contributed by atoms with E-state index in [0.29, 0.717) is 34.7 Å². The summed E-state index contributed by atoms with van der Waals surface area (Å²) in [5.41, 5.74) is 2.63. The summed E-state index contributed by atoms with van der Waals surface area (Å²) in [4.78, 5) is 4.47. The molecule has 0 N–H and O–H groups in total. The molecule has 0 saturated heterocycles. The summed E-state index contributed by atoms with van der Waals surface area (Å²) >= 11 is 6.17. The number of halogens is 1. The molecule has 0 aliphatic heterocycles. The number of methoxy groups -OCH3 is 2. The van der Waals surface area contributed by atoms with Crippen LogP contribution in [0.25, 0.3) is 22.6 Å². The summed E-state index contributed by atoms with van der Waals surface area (Å²) < 4.78 is 21.8. The quantitative estimate of drug-likeness (QED) is 0.479. The van der Waals surface area contributed by atoms with Gasteiger partial charge in [0, 0.05) is 10.9 Å². The number of furan rings is 1. The van der Waals surface area contributed by atoms with Gasteiger partial charge in [0.25, 0.3) is 0 Å². The molecular formula is C20H17ClN2O4. The highest BCUT2D eigenvalue weighted by molar-refractivity contribution is 6.32. The van der Waals surface area contributed by atoms with Crippen molar-refractivity contribution in [2.24, 2.45) is 0 Å². The van der Waals surface area contributed by atoms with E-state index in [2.05, 4.69) is 10.1 Å². The molecule has 0 amide bonds. The van der Waals surface area contributed by atoms with Crippen molar-refractivity contribution in [1.29, 1.82) is 0 Å². The van der Waals surface area contributed by atoms with Gasteiger partial charge >= 0.3 is 0 Å². The maximum atomic E-state index is 6.17. The van der Waals surface area contributed by atoms with Gasteiger partial charge in [0.05, 0.1) is 25.7 Å². The number of aromatic nitrogens is 2. The molecule has 0 atom stereocenters. The maximum Gasteiger partial charge on any atom is 0.238 e. The van der Waals surface area contributed by atoms with Gasteiger partial charge in [-0.1, -0.05) is 22.8 Å². The van der Waals surface area contributed by atoms with Crippen LogP contribution in [0.15, 0.2) is 45.3 Å². The first kappa shape index (κ1) is 17.4. The molecule has 4 aromatic rings. The molecule has 27 heavy (non-hydrogen) atoms. The number of benzene rings is 2. The van der Waals surface area contributed by atoms with Gasteiger partial charge in [-0.15, -0.1) is 0 Å². The Morgan fingerprint density at radius 1 is 1.07 bits per heavy atom. The number of fused-ring (bicyclic) bond motifs is 1. The van der Waals surface area contributed by atoms with Crippen LogP contribution in [0.4, 0.5) is 0 Å². The predicted molar refractivity (Wildman–Crippen MR) is 102 cm³/mol. The fourth-order valence-electron chi connectivity index (χ4n) is 2.95. The minimum atomic E-state index is 0.414. The SMILES string of the molecule is COc1ccc2oc(-c3noc(Cc4ccc(OC)c(Cl)c4)n3)c(C)c2c1. The zero-order chi connectivity index (χ0) is 19.0. The molecule has 0 aliphatic carbocycles. The van der Waals surface area contributed by atoms with Gasteiger partial charge in [0.2, 0.25) is 11.7 Å². The van der Waals surface area contributed by atoms with Crippen LogP contribution in [0.5, 0.6) is 11.5 Å². The topological polar surface area (TPSA) is 70.5 Å². The first-order chi connectivity index (χ1) is 13.1. The Labute approximate surface area is 160 Å². The molecule has 138 valence electrons. The lowest BCUT2D eigenvalue weighted by atomic mass is 10.1. The summed E-state index contributed by atoms with van der Waals surface area (Å²) in [6.07, 6.45) is 0.462. The van der Waals surface area contributed by atoms with Crippen LogP contribution in [-0.2, 0) is 6.42 Å². The summed E-state index contributed by atoms with van der Waals surface area (Å²) in [6, 6.07) is 11.2. The van der Waals surface area contributed by atoms with Gasteiger partial charge in [-0.25, -0.2) is 0 Å². The Morgan fingerprint density at radius 2 is 1.93 bits per heavy atom. The summed E-state index contributed by atoms with van der Waals surface area (Å²) in [5, 5.41) is 5.56. The molecule has 2 aromatic carbocycles. The predicted octanol–water partition coefficient (Wildman–Crippen LogP) is 5.05. The molecule has 0 saturated carbocycles. The van der Waals surface area contributed by atoms with Crippen LogP contribution < -0.4 is 9.47 Å². The second-order valence-corrected chi connectivity index (χ2v) is 6.48. The molecule has 0 unspecified atom stereocenters. The minimum Gasteiger partial charge on any atom is -0.497 e. The summed E-state index contributed by atoms with van der Waals surface area (Å²) in [6.45, 7) is 1.96. The van der Waals surface area contributed by atoms with Crippen LogP contribution in [0.2, 0.25) is 5.02 Å². The highest BCUT2D eigenvalue weighted by Crippen LogP contribution is 2.34. The number of hydrogen-bond donors (Lipinski definition) is 0. The number of nitrogens with zero attached hydrogens (tertiary/aromatic N) is 2. The first-order valence-corrected chi connectivity index (χ1v) is 8.69. The molecule has 2 aromatic heterocycles. The molecule has 2 heterocycles. The van der Waals surface area contributed by atoms with E-state index in [1.807, 2.05) is 43.3 Å². The van der Waals surface area contributed by atoms with Crippen molar-refractivity contribution < 1.29 is 18.4 Å². The Balaban J connectivity index is 1.63. The van der Waals surface area contributed by atoms with Gasteiger partial charge in [0.1, 0.15) is 17.1 Å². The first-order valence-electron chi connectivity index (χ1n) is 8.31. The van der Waals surface area contributed by atoms with Crippen molar-refractivity contribution in [1.82, 2.24) is 10.1 Å². The Bertz CT molecular complexity index is 1120. The van der Waals surface area contributed by atoms with Crippen molar-refractivity contribution in [2.45, 2.75) is 13.3 Å². The van der Waals surface area contributed by atoms with Crippen LogP contribution in [0.1, 0.15) is 17.0 Å². The average molecular weight is 385 g/mol. The lowest BCUT2D eigenvalue weighted by molar-refractivity contribution is 0.384. The molecule has 0 bridgehead atoms. The van der Waals surface area contributed by atoms with Gasteiger partial charge in [0.15, 0.2) is 5.76 Å². The third kappa shape index (κ3) is 3.24. The van der Waals surface area contributed by atoms with E-state index >= 15 is 0 Å². The third-order valence-electron chi connectivity index (χ3n) is 4.39. The number of ether oxygens (including phenoxy) is 2. The van der Waals surface area contributed by atoms with E-state index in [9.17, 15) is 0 Å². The minimum absolute atomic E-state index is 0.414. The monoisotopic (exact) mass is 384 g/mol. The molecule has 0 radical (unpaired) electrons. The number of rotatable bonds is 5. The fourth-order valence-corrected chi connectivity index (χ4v) is 3.23. The van der Waals surface area contributed by atoms with E-state index < -0.39 is 0 Å². The van der Waals surface area contributed by atoms with Gasteiger partial charge in [-0.3, -0.25) is 0 Å².